The molecule has 0 aliphatic carbocycles. The summed E-state index contributed by atoms with van der Waals surface area (Å²) in [5.41, 5.74) is 0.206. The monoisotopic (exact) mass is 253 g/mol. The second-order valence-electron chi connectivity index (χ2n) is 5.58. The van der Waals surface area contributed by atoms with E-state index in [2.05, 4.69) is 48.3 Å². The van der Waals surface area contributed by atoms with E-state index in [1.165, 1.54) is 5.01 Å². The third kappa shape index (κ3) is 2.87. The molecule has 1 aromatic rings. The van der Waals surface area contributed by atoms with Crippen molar-refractivity contribution in [2.45, 2.75) is 51.7 Å². The van der Waals surface area contributed by atoms with Crippen molar-refractivity contribution < 1.29 is 0 Å². The summed E-state index contributed by atoms with van der Waals surface area (Å²) in [7, 11) is 0. The maximum Gasteiger partial charge on any atom is 0.110 e. The minimum Gasteiger partial charge on any atom is -0.309 e. The molecule has 2 rings (SSSR count). The topological polar surface area (TPSA) is 28.2 Å². The van der Waals surface area contributed by atoms with Gasteiger partial charge < -0.3 is 5.32 Å². The fraction of sp³-hybridized carbons (Fsp3) is 0.769. The van der Waals surface area contributed by atoms with E-state index in [9.17, 15) is 0 Å². The van der Waals surface area contributed by atoms with Gasteiger partial charge in [-0.2, -0.15) is 0 Å². The zero-order valence-electron chi connectivity index (χ0n) is 11.2. The van der Waals surface area contributed by atoms with Crippen LogP contribution in [0.3, 0.4) is 0 Å². The van der Waals surface area contributed by atoms with Gasteiger partial charge in [-0.3, -0.25) is 4.90 Å². The summed E-state index contributed by atoms with van der Waals surface area (Å²) in [6, 6.07) is 1.06. The van der Waals surface area contributed by atoms with Crippen LogP contribution in [0.2, 0.25) is 0 Å². The quantitative estimate of drug-likeness (QED) is 0.897. The Hall–Kier alpha value is -0.450. The van der Waals surface area contributed by atoms with Crippen LogP contribution in [0.5, 0.6) is 0 Å². The van der Waals surface area contributed by atoms with Crippen LogP contribution in [-0.2, 0) is 0 Å². The van der Waals surface area contributed by atoms with Gasteiger partial charge in [0.2, 0.25) is 0 Å². The first-order valence-corrected chi connectivity index (χ1v) is 7.31. The number of rotatable bonds is 3. The summed E-state index contributed by atoms with van der Waals surface area (Å²) in [4.78, 5) is 7.11. The number of hydrogen-bond acceptors (Lipinski definition) is 4. The molecule has 1 aliphatic heterocycles. The van der Waals surface area contributed by atoms with Crippen LogP contribution < -0.4 is 5.32 Å². The molecule has 1 fully saturated rings. The molecule has 1 N–H and O–H groups in total. The van der Waals surface area contributed by atoms with Gasteiger partial charge in [0.15, 0.2) is 0 Å². The number of thiazole rings is 1. The minimum absolute atomic E-state index is 0.206. The Morgan fingerprint density at radius 2 is 2.41 bits per heavy atom. The summed E-state index contributed by atoms with van der Waals surface area (Å²) in [5.74, 6) is 0. The third-order valence-electron chi connectivity index (χ3n) is 3.54. The molecule has 0 bridgehead atoms. The standard InChI is InChI=1S/C13H23N3S/c1-5-11(12-14-6-7-17-12)16-9-13(3,4)15-8-10(16)2/h6-7,10-11,15H,5,8-9H2,1-4H3. The van der Waals surface area contributed by atoms with Crippen molar-refractivity contribution in [3.63, 3.8) is 0 Å². The maximum absolute atomic E-state index is 4.50. The van der Waals surface area contributed by atoms with Gasteiger partial charge in [-0.1, -0.05) is 6.92 Å². The van der Waals surface area contributed by atoms with Gasteiger partial charge in [0.25, 0.3) is 0 Å². The highest BCUT2D eigenvalue weighted by atomic mass is 32.1. The summed E-state index contributed by atoms with van der Waals surface area (Å²) in [6.45, 7) is 11.3. The molecule has 1 aliphatic rings. The van der Waals surface area contributed by atoms with Crippen molar-refractivity contribution in [3.05, 3.63) is 16.6 Å². The molecule has 4 heteroatoms. The first-order chi connectivity index (χ1) is 8.03. The zero-order valence-corrected chi connectivity index (χ0v) is 12.0. The summed E-state index contributed by atoms with van der Waals surface area (Å²) < 4.78 is 0. The van der Waals surface area contributed by atoms with E-state index in [1.54, 1.807) is 11.3 Å². The molecule has 96 valence electrons. The molecular formula is C13H23N3S. The largest absolute Gasteiger partial charge is 0.309 e. The average Bonchev–Trinajstić information content (AvgIpc) is 2.78. The lowest BCUT2D eigenvalue weighted by Crippen LogP contribution is -2.61. The van der Waals surface area contributed by atoms with Gasteiger partial charge in [0.1, 0.15) is 5.01 Å². The van der Waals surface area contributed by atoms with Crippen LogP contribution in [-0.4, -0.2) is 34.6 Å². The van der Waals surface area contributed by atoms with Crippen LogP contribution in [0.25, 0.3) is 0 Å². The SMILES string of the molecule is CCC(c1nccs1)N1CC(C)(C)NCC1C. The number of nitrogens with zero attached hydrogens (tertiary/aromatic N) is 2. The van der Waals surface area contributed by atoms with E-state index < -0.39 is 0 Å². The van der Waals surface area contributed by atoms with Crippen molar-refractivity contribution in [2.24, 2.45) is 0 Å². The molecule has 17 heavy (non-hydrogen) atoms. The number of nitrogens with one attached hydrogen (secondary N) is 1. The predicted octanol–water partition coefficient (Wildman–Crippen LogP) is 2.67. The zero-order chi connectivity index (χ0) is 12.5. The van der Waals surface area contributed by atoms with Crippen LogP contribution in [0, 0.1) is 0 Å². The summed E-state index contributed by atoms with van der Waals surface area (Å²) >= 11 is 1.78. The molecule has 0 aromatic carbocycles. The summed E-state index contributed by atoms with van der Waals surface area (Å²) in [5, 5.41) is 6.94. The van der Waals surface area contributed by atoms with Crippen LogP contribution >= 0.6 is 11.3 Å². The third-order valence-corrected chi connectivity index (χ3v) is 4.42. The molecule has 3 nitrogen and oxygen atoms in total. The van der Waals surface area contributed by atoms with E-state index in [0.29, 0.717) is 12.1 Å². The molecule has 0 amide bonds. The Morgan fingerprint density at radius 3 is 3.00 bits per heavy atom. The van der Waals surface area contributed by atoms with Crippen molar-refractivity contribution in [1.82, 2.24) is 15.2 Å². The van der Waals surface area contributed by atoms with Crippen molar-refractivity contribution in [2.75, 3.05) is 13.1 Å². The molecule has 2 atom stereocenters. The predicted molar refractivity (Wildman–Crippen MR) is 73.4 cm³/mol. The smallest absolute Gasteiger partial charge is 0.110 e. The maximum atomic E-state index is 4.50. The van der Waals surface area contributed by atoms with E-state index in [1.807, 2.05) is 6.20 Å². The Bertz CT molecular complexity index is 348. The van der Waals surface area contributed by atoms with Crippen molar-refractivity contribution >= 4 is 11.3 Å². The highest BCUT2D eigenvalue weighted by Crippen LogP contribution is 2.30. The highest BCUT2D eigenvalue weighted by molar-refractivity contribution is 7.09. The van der Waals surface area contributed by atoms with E-state index in [-0.39, 0.29) is 5.54 Å². The van der Waals surface area contributed by atoms with Crippen LogP contribution in [0.1, 0.15) is 45.2 Å². The lowest BCUT2D eigenvalue weighted by Gasteiger charge is -2.46. The molecule has 1 saturated heterocycles. The van der Waals surface area contributed by atoms with Gasteiger partial charge >= 0.3 is 0 Å². The lowest BCUT2D eigenvalue weighted by atomic mass is 9.97. The number of piperazine rings is 1. The fourth-order valence-corrected chi connectivity index (χ4v) is 3.42. The van der Waals surface area contributed by atoms with Crippen LogP contribution in [0.4, 0.5) is 0 Å². The second-order valence-corrected chi connectivity index (χ2v) is 6.51. The number of aromatic nitrogens is 1. The van der Waals surface area contributed by atoms with E-state index in [4.69, 9.17) is 0 Å². The van der Waals surface area contributed by atoms with Gasteiger partial charge in [-0.05, 0) is 27.2 Å². The molecule has 0 radical (unpaired) electrons. The van der Waals surface area contributed by atoms with Gasteiger partial charge in [0.05, 0.1) is 6.04 Å². The fourth-order valence-electron chi connectivity index (χ4n) is 2.58. The molecule has 0 saturated carbocycles. The Kier molecular flexibility index (Phi) is 3.85. The van der Waals surface area contributed by atoms with Crippen molar-refractivity contribution in [3.8, 4) is 0 Å². The van der Waals surface area contributed by atoms with Crippen LogP contribution in [0.15, 0.2) is 11.6 Å². The van der Waals surface area contributed by atoms with E-state index in [0.717, 1.165) is 19.5 Å². The molecule has 2 heterocycles. The average molecular weight is 253 g/mol. The second kappa shape index (κ2) is 5.04. The first kappa shape index (κ1) is 13.0. The van der Waals surface area contributed by atoms with Gasteiger partial charge in [-0.15, -0.1) is 11.3 Å². The minimum atomic E-state index is 0.206. The first-order valence-electron chi connectivity index (χ1n) is 6.43. The van der Waals surface area contributed by atoms with Gasteiger partial charge in [0, 0.05) is 36.2 Å². The number of hydrogen-bond donors (Lipinski definition) is 1. The highest BCUT2D eigenvalue weighted by Gasteiger charge is 2.35. The lowest BCUT2D eigenvalue weighted by molar-refractivity contribution is 0.0597. The van der Waals surface area contributed by atoms with E-state index >= 15 is 0 Å². The summed E-state index contributed by atoms with van der Waals surface area (Å²) in [6.07, 6.45) is 3.05. The molecule has 2 unspecified atom stereocenters. The van der Waals surface area contributed by atoms with Crippen molar-refractivity contribution in [1.29, 1.82) is 0 Å². The Morgan fingerprint density at radius 1 is 1.65 bits per heavy atom. The normalized spacial score (nSPS) is 26.9. The molecule has 1 aromatic heterocycles. The van der Waals surface area contributed by atoms with Gasteiger partial charge in [-0.25, -0.2) is 4.98 Å². The molecule has 0 spiro atoms. The Labute approximate surface area is 108 Å². The Balaban J connectivity index is 2.18. The molecular weight excluding hydrogens is 230 g/mol.